The summed E-state index contributed by atoms with van der Waals surface area (Å²) < 4.78 is 5.55. The zero-order chi connectivity index (χ0) is 15.4. The van der Waals surface area contributed by atoms with E-state index in [1.807, 2.05) is 42.5 Å². The molecule has 0 aliphatic carbocycles. The van der Waals surface area contributed by atoms with Crippen molar-refractivity contribution in [2.45, 2.75) is 6.61 Å². The van der Waals surface area contributed by atoms with Crippen molar-refractivity contribution in [3.05, 3.63) is 78.0 Å². The molecule has 0 saturated carbocycles. The van der Waals surface area contributed by atoms with E-state index in [2.05, 4.69) is 17.1 Å². The second kappa shape index (κ2) is 6.18. The zero-order valence-electron chi connectivity index (χ0n) is 11.8. The molecule has 3 rings (SSSR count). The van der Waals surface area contributed by atoms with E-state index in [0.717, 1.165) is 11.1 Å². The summed E-state index contributed by atoms with van der Waals surface area (Å²) in [6.07, 6.45) is 0. The second-order valence-corrected chi connectivity index (χ2v) is 4.89. The van der Waals surface area contributed by atoms with Gasteiger partial charge in [0.2, 0.25) is 0 Å². The number of ether oxygens (including phenoxy) is 1. The van der Waals surface area contributed by atoms with Crippen molar-refractivity contribution in [2.75, 3.05) is 0 Å². The van der Waals surface area contributed by atoms with Crippen LogP contribution >= 0.6 is 0 Å². The lowest BCUT2D eigenvalue weighted by atomic mass is 10.0. The second-order valence-electron chi connectivity index (χ2n) is 4.89. The van der Waals surface area contributed by atoms with Gasteiger partial charge in [0, 0.05) is 6.07 Å². The molecule has 0 atom stereocenters. The number of aromatic amines is 1. The SMILES string of the molecule is O=C(O)c1ccc(OCc2ccc(-c3ccccc3)cc2)[nH]1. The Hall–Kier alpha value is -3.01. The minimum absolute atomic E-state index is 0.120. The van der Waals surface area contributed by atoms with E-state index >= 15 is 0 Å². The van der Waals surface area contributed by atoms with Crippen LogP contribution in [0.3, 0.4) is 0 Å². The van der Waals surface area contributed by atoms with Gasteiger partial charge in [-0.25, -0.2) is 4.79 Å². The largest absolute Gasteiger partial charge is 0.477 e. The predicted molar refractivity (Wildman–Crippen MR) is 84.0 cm³/mol. The summed E-state index contributed by atoms with van der Waals surface area (Å²) in [6, 6.07) is 21.3. The van der Waals surface area contributed by atoms with E-state index in [0.29, 0.717) is 12.5 Å². The van der Waals surface area contributed by atoms with Gasteiger partial charge in [-0.15, -0.1) is 0 Å². The molecule has 3 aromatic rings. The number of H-pyrrole nitrogens is 1. The van der Waals surface area contributed by atoms with E-state index in [1.165, 1.54) is 11.6 Å². The van der Waals surface area contributed by atoms with Crippen LogP contribution in [0.25, 0.3) is 11.1 Å². The first-order valence-electron chi connectivity index (χ1n) is 6.92. The Bertz CT molecular complexity index is 761. The van der Waals surface area contributed by atoms with Crippen LogP contribution in [0.2, 0.25) is 0 Å². The maximum absolute atomic E-state index is 10.8. The highest BCUT2D eigenvalue weighted by atomic mass is 16.5. The normalized spacial score (nSPS) is 10.4. The average molecular weight is 293 g/mol. The molecule has 0 saturated heterocycles. The van der Waals surface area contributed by atoms with Gasteiger partial charge in [0.25, 0.3) is 0 Å². The molecule has 0 amide bonds. The molecule has 0 unspecified atom stereocenters. The summed E-state index contributed by atoms with van der Waals surface area (Å²) in [6.45, 7) is 0.384. The molecule has 1 aromatic heterocycles. The Morgan fingerprint density at radius 1 is 0.909 bits per heavy atom. The molecular weight excluding hydrogens is 278 g/mol. The van der Waals surface area contributed by atoms with Gasteiger partial charge in [0.05, 0.1) is 0 Å². The highest BCUT2D eigenvalue weighted by Crippen LogP contribution is 2.20. The molecule has 1 heterocycles. The minimum atomic E-state index is -0.998. The number of aromatic carboxylic acids is 1. The van der Waals surface area contributed by atoms with Crippen LogP contribution in [0.4, 0.5) is 0 Å². The average Bonchev–Trinajstić information content (AvgIpc) is 3.04. The van der Waals surface area contributed by atoms with Gasteiger partial charge < -0.3 is 14.8 Å². The van der Waals surface area contributed by atoms with E-state index in [4.69, 9.17) is 9.84 Å². The summed E-state index contributed by atoms with van der Waals surface area (Å²) in [5, 5.41) is 8.84. The maximum Gasteiger partial charge on any atom is 0.352 e. The van der Waals surface area contributed by atoms with Gasteiger partial charge in [0.15, 0.2) is 5.88 Å². The molecule has 0 aliphatic heterocycles. The van der Waals surface area contributed by atoms with Crippen molar-refractivity contribution in [3.8, 4) is 17.0 Å². The van der Waals surface area contributed by atoms with Crippen molar-refractivity contribution >= 4 is 5.97 Å². The van der Waals surface area contributed by atoms with Crippen molar-refractivity contribution in [1.29, 1.82) is 0 Å². The molecule has 22 heavy (non-hydrogen) atoms. The Kier molecular flexibility index (Phi) is 3.92. The predicted octanol–water partition coefficient (Wildman–Crippen LogP) is 3.96. The Morgan fingerprint density at radius 3 is 2.23 bits per heavy atom. The lowest BCUT2D eigenvalue weighted by molar-refractivity contribution is 0.0690. The molecule has 0 radical (unpaired) electrons. The van der Waals surface area contributed by atoms with E-state index < -0.39 is 5.97 Å². The molecule has 0 aliphatic rings. The van der Waals surface area contributed by atoms with Crippen molar-refractivity contribution in [3.63, 3.8) is 0 Å². The van der Waals surface area contributed by atoms with E-state index in [1.54, 1.807) is 6.07 Å². The molecule has 2 N–H and O–H groups in total. The zero-order valence-corrected chi connectivity index (χ0v) is 11.8. The number of carboxylic acids is 1. The van der Waals surface area contributed by atoms with Crippen LogP contribution in [0, 0.1) is 0 Å². The number of hydrogen-bond donors (Lipinski definition) is 2. The third-order valence-corrected chi connectivity index (χ3v) is 3.35. The molecular formula is C18H15NO3. The van der Waals surface area contributed by atoms with E-state index in [9.17, 15) is 4.79 Å². The van der Waals surface area contributed by atoms with Gasteiger partial charge in [0.1, 0.15) is 12.3 Å². The van der Waals surface area contributed by atoms with Gasteiger partial charge in [-0.3, -0.25) is 0 Å². The summed E-state index contributed by atoms with van der Waals surface area (Å²) >= 11 is 0. The highest BCUT2D eigenvalue weighted by Gasteiger charge is 2.06. The maximum atomic E-state index is 10.8. The fourth-order valence-corrected chi connectivity index (χ4v) is 2.17. The van der Waals surface area contributed by atoms with Crippen molar-refractivity contribution in [2.24, 2.45) is 0 Å². The monoisotopic (exact) mass is 293 g/mol. The van der Waals surface area contributed by atoms with Crippen LogP contribution in [0.15, 0.2) is 66.7 Å². The van der Waals surface area contributed by atoms with Crippen LogP contribution < -0.4 is 4.74 Å². The topological polar surface area (TPSA) is 62.3 Å². The van der Waals surface area contributed by atoms with Crippen LogP contribution in [-0.2, 0) is 6.61 Å². The number of nitrogens with one attached hydrogen (secondary N) is 1. The fraction of sp³-hybridized carbons (Fsp3) is 0.0556. The van der Waals surface area contributed by atoms with Crippen LogP contribution in [0.5, 0.6) is 5.88 Å². The molecule has 2 aromatic carbocycles. The number of carboxylic acid groups (broad SMARTS) is 1. The number of aromatic nitrogens is 1. The lowest BCUT2D eigenvalue weighted by Crippen LogP contribution is -1.98. The molecule has 0 bridgehead atoms. The molecule has 4 nitrogen and oxygen atoms in total. The summed E-state index contributed by atoms with van der Waals surface area (Å²) in [7, 11) is 0. The summed E-state index contributed by atoms with van der Waals surface area (Å²) in [5.41, 5.74) is 3.46. The smallest absolute Gasteiger partial charge is 0.352 e. The molecule has 0 spiro atoms. The fourth-order valence-electron chi connectivity index (χ4n) is 2.17. The summed E-state index contributed by atoms with van der Waals surface area (Å²) in [4.78, 5) is 13.5. The lowest BCUT2D eigenvalue weighted by Gasteiger charge is -2.06. The van der Waals surface area contributed by atoms with Crippen LogP contribution in [-0.4, -0.2) is 16.1 Å². The van der Waals surface area contributed by atoms with E-state index in [-0.39, 0.29) is 5.69 Å². The van der Waals surface area contributed by atoms with Crippen LogP contribution in [0.1, 0.15) is 16.1 Å². The summed E-state index contributed by atoms with van der Waals surface area (Å²) in [5.74, 6) is -0.549. The Labute approximate surface area is 128 Å². The molecule has 110 valence electrons. The number of rotatable bonds is 5. The Balaban J connectivity index is 1.65. The molecule has 4 heteroatoms. The standard InChI is InChI=1S/C18H15NO3/c20-18(21)16-10-11-17(19-16)22-12-13-6-8-15(9-7-13)14-4-2-1-3-5-14/h1-11,19H,12H2,(H,20,21). The third kappa shape index (κ3) is 3.17. The third-order valence-electron chi connectivity index (χ3n) is 3.35. The first-order valence-corrected chi connectivity index (χ1v) is 6.92. The highest BCUT2D eigenvalue weighted by molar-refractivity contribution is 5.85. The quantitative estimate of drug-likeness (QED) is 0.748. The molecule has 0 fully saturated rings. The van der Waals surface area contributed by atoms with Gasteiger partial charge in [-0.2, -0.15) is 0 Å². The number of benzene rings is 2. The first-order chi connectivity index (χ1) is 10.7. The van der Waals surface area contributed by atoms with Gasteiger partial charge in [-0.05, 0) is 22.8 Å². The van der Waals surface area contributed by atoms with Gasteiger partial charge in [-0.1, -0.05) is 54.6 Å². The minimum Gasteiger partial charge on any atom is -0.477 e. The number of hydrogen-bond acceptors (Lipinski definition) is 2. The van der Waals surface area contributed by atoms with Crippen molar-refractivity contribution in [1.82, 2.24) is 4.98 Å². The Morgan fingerprint density at radius 2 is 1.59 bits per heavy atom. The first kappa shape index (κ1) is 13.9. The number of carbonyl (C=O) groups is 1. The van der Waals surface area contributed by atoms with Gasteiger partial charge >= 0.3 is 5.97 Å². The van der Waals surface area contributed by atoms with Crippen molar-refractivity contribution < 1.29 is 14.6 Å².